The van der Waals surface area contributed by atoms with Crippen molar-refractivity contribution in [3.05, 3.63) is 47.8 Å². The lowest BCUT2D eigenvalue weighted by Gasteiger charge is -2.07. The summed E-state index contributed by atoms with van der Waals surface area (Å²) in [5, 5.41) is 4.12. The molecule has 0 atom stereocenters. The van der Waals surface area contributed by atoms with Crippen LogP contribution in [0.4, 0.5) is 0 Å². The summed E-state index contributed by atoms with van der Waals surface area (Å²) in [6.07, 6.45) is 2.92. The van der Waals surface area contributed by atoms with Gasteiger partial charge >= 0.3 is 0 Å². The van der Waals surface area contributed by atoms with Gasteiger partial charge in [0.05, 0.1) is 0 Å². The number of hydrogen-bond donors (Lipinski definition) is 0. The first-order valence-electron chi connectivity index (χ1n) is 6.50. The summed E-state index contributed by atoms with van der Waals surface area (Å²) in [4.78, 5) is 16.5. The Morgan fingerprint density at radius 1 is 1.05 bits per heavy atom. The van der Waals surface area contributed by atoms with Gasteiger partial charge in [0.1, 0.15) is 12.7 Å². The van der Waals surface area contributed by atoms with Crippen molar-refractivity contribution in [3.63, 3.8) is 0 Å². The first-order valence-corrected chi connectivity index (χ1v) is 6.88. The molecule has 0 amide bonds. The second-order valence-electron chi connectivity index (χ2n) is 4.84. The van der Waals surface area contributed by atoms with Crippen LogP contribution in [0.2, 0.25) is 5.28 Å². The van der Waals surface area contributed by atoms with Gasteiger partial charge in [0.25, 0.3) is 5.95 Å². The van der Waals surface area contributed by atoms with Crippen LogP contribution in [-0.2, 0) is 0 Å². The predicted molar refractivity (Wildman–Crippen MR) is 79.3 cm³/mol. The van der Waals surface area contributed by atoms with Crippen molar-refractivity contribution >= 4 is 11.6 Å². The SMILES string of the molecule is CC(C)c1ccc(-c2nc(Cl)nc(-n3cncn3)n2)cc1. The van der Waals surface area contributed by atoms with Gasteiger partial charge in [-0.3, -0.25) is 0 Å². The Kier molecular flexibility index (Phi) is 3.62. The van der Waals surface area contributed by atoms with Crippen LogP contribution in [0.5, 0.6) is 0 Å². The third-order valence-electron chi connectivity index (χ3n) is 3.06. The molecule has 0 aliphatic carbocycles. The zero-order valence-corrected chi connectivity index (χ0v) is 12.4. The Balaban J connectivity index is 2.02. The van der Waals surface area contributed by atoms with E-state index in [4.69, 9.17) is 11.6 Å². The summed E-state index contributed by atoms with van der Waals surface area (Å²) in [6.45, 7) is 4.30. The number of aromatic nitrogens is 6. The first kappa shape index (κ1) is 13.6. The third kappa shape index (κ3) is 2.90. The second-order valence-corrected chi connectivity index (χ2v) is 5.18. The predicted octanol–water partition coefficient (Wildman–Crippen LogP) is 2.90. The van der Waals surface area contributed by atoms with E-state index in [9.17, 15) is 0 Å². The summed E-state index contributed by atoms with van der Waals surface area (Å²) in [5.74, 6) is 1.33. The molecule has 0 aliphatic heterocycles. The van der Waals surface area contributed by atoms with E-state index in [-0.39, 0.29) is 5.28 Å². The van der Waals surface area contributed by atoms with Crippen molar-refractivity contribution in [1.82, 2.24) is 29.7 Å². The zero-order chi connectivity index (χ0) is 14.8. The fourth-order valence-electron chi connectivity index (χ4n) is 1.90. The van der Waals surface area contributed by atoms with E-state index in [0.717, 1.165) is 5.56 Å². The molecule has 3 rings (SSSR count). The third-order valence-corrected chi connectivity index (χ3v) is 3.22. The fraction of sp³-hybridized carbons (Fsp3) is 0.214. The van der Waals surface area contributed by atoms with Crippen LogP contribution in [0.25, 0.3) is 17.3 Å². The van der Waals surface area contributed by atoms with Gasteiger partial charge in [-0.05, 0) is 23.1 Å². The minimum Gasteiger partial charge on any atom is -0.223 e. The van der Waals surface area contributed by atoms with Crippen molar-refractivity contribution in [3.8, 4) is 17.3 Å². The molecule has 0 aliphatic rings. The zero-order valence-electron chi connectivity index (χ0n) is 11.6. The molecule has 21 heavy (non-hydrogen) atoms. The van der Waals surface area contributed by atoms with Crippen molar-refractivity contribution < 1.29 is 0 Å². The maximum Gasteiger partial charge on any atom is 0.256 e. The van der Waals surface area contributed by atoms with Gasteiger partial charge in [-0.15, -0.1) is 0 Å². The average molecular weight is 301 g/mol. The highest BCUT2D eigenvalue weighted by Gasteiger charge is 2.10. The molecule has 0 saturated carbocycles. The minimum absolute atomic E-state index is 0.124. The first-order chi connectivity index (χ1) is 10.1. The molecule has 0 saturated heterocycles. The molecule has 0 fully saturated rings. The minimum atomic E-state index is 0.124. The van der Waals surface area contributed by atoms with E-state index in [1.54, 1.807) is 0 Å². The largest absolute Gasteiger partial charge is 0.256 e. The van der Waals surface area contributed by atoms with Gasteiger partial charge in [-0.2, -0.15) is 24.7 Å². The van der Waals surface area contributed by atoms with Gasteiger partial charge in [0.2, 0.25) is 5.28 Å². The van der Waals surface area contributed by atoms with Crippen molar-refractivity contribution in [1.29, 1.82) is 0 Å². The lowest BCUT2D eigenvalue weighted by atomic mass is 10.0. The van der Waals surface area contributed by atoms with Crippen molar-refractivity contribution in [2.75, 3.05) is 0 Å². The van der Waals surface area contributed by atoms with E-state index < -0.39 is 0 Å². The Bertz CT molecular complexity index is 737. The maximum atomic E-state index is 5.97. The summed E-state index contributed by atoms with van der Waals surface area (Å²) in [6, 6.07) is 8.08. The van der Waals surface area contributed by atoms with E-state index in [1.165, 1.54) is 22.9 Å². The molecule has 2 aromatic heterocycles. The molecule has 0 spiro atoms. The van der Waals surface area contributed by atoms with Gasteiger partial charge in [-0.25, -0.2) is 4.98 Å². The smallest absolute Gasteiger partial charge is 0.223 e. The molecular weight excluding hydrogens is 288 g/mol. The molecule has 0 bridgehead atoms. The standard InChI is InChI=1S/C14H13ClN6/c1-9(2)10-3-5-11(6-4-10)12-18-13(15)20-14(19-12)21-8-16-7-17-21/h3-9H,1-2H3. The molecule has 0 radical (unpaired) electrons. The maximum absolute atomic E-state index is 5.97. The summed E-state index contributed by atoms with van der Waals surface area (Å²) in [7, 11) is 0. The highest BCUT2D eigenvalue weighted by molar-refractivity contribution is 6.28. The summed E-state index contributed by atoms with van der Waals surface area (Å²) in [5.41, 5.74) is 2.14. The molecule has 1 aromatic carbocycles. The molecule has 0 unspecified atom stereocenters. The molecule has 0 N–H and O–H groups in total. The quantitative estimate of drug-likeness (QED) is 0.744. The lowest BCUT2D eigenvalue weighted by molar-refractivity contribution is 0.796. The molecule has 7 heteroatoms. The van der Waals surface area contributed by atoms with Crippen LogP contribution in [0.3, 0.4) is 0 Å². The Morgan fingerprint density at radius 2 is 1.81 bits per heavy atom. The van der Waals surface area contributed by atoms with Gasteiger partial charge < -0.3 is 0 Å². The van der Waals surface area contributed by atoms with Crippen LogP contribution < -0.4 is 0 Å². The molecule has 3 aromatic rings. The molecular formula is C14H13ClN6. The molecule has 106 valence electrons. The van der Waals surface area contributed by atoms with Crippen LogP contribution in [0.15, 0.2) is 36.9 Å². The van der Waals surface area contributed by atoms with Crippen LogP contribution in [0, 0.1) is 0 Å². The Labute approximate surface area is 126 Å². The number of nitrogens with zero attached hydrogens (tertiary/aromatic N) is 6. The van der Waals surface area contributed by atoms with Gasteiger partial charge in [0, 0.05) is 5.56 Å². The summed E-state index contributed by atoms with van der Waals surface area (Å²) >= 11 is 5.97. The van der Waals surface area contributed by atoms with Crippen LogP contribution in [-0.4, -0.2) is 29.7 Å². The lowest BCUT2D eigenvalue weighted by Crippen LogP contribution is -2.05. The van der Waals surface area contributed by atoms with E-state index in [1.807, 2.05) is 12.1 Å². The molecule has 2 heterocycles. The van der Waals surface area contributed by atoms with Gasteiger partial charge in [0.15, 0.2) is 5.82 Å². The Hall–Kier alpha value is -2.34. The van der Waals surface area contributed by atoms with Crippen molar-refractivity contribution in [2.45, 2.75) is 19.8 Å². The van der Waals surface area contributed by atoms with E-state index >= 15 is 0 Å². The number of rotatable bonds is 3. The highest BCUT2D eigenvalue weighted by atomic mass is 35.5. The van der Waals surface area contributed by atoms with E-state index in [0.29, 0.717) is 17.7 Å². The highest BCUT2D eigenvalue weighted by Crippen LogP contribution is 2.21. The van der Waals surface area contributed by atoms with E-state index in [2.05, 4.69) is 51.0 Å². The number of hydrogen-bond acceptors (Lipinski definition) is 5. The summed E-state index contributed by atoms with van der Waals surface area (Å²) < 4.78 is 1.44. The number of halogens is 1. The topological polar surface area (TPSA) is 69.4 Å². The average Bonchev–Trinajstić information content (AvgIpc) is 3.01. The fourth-order valence-corrected chi connectivity index (χ4v) is 2.06. The van der Waals surface area contributed by atoms with Crippen LogP contribution >= 0.6 is 11.6 Å². The van der Waals surface area contributed by atoms with Crippen molar-refractivity contribution in [2.24, 2.45) is 0 Å². The number of benzene rings is 1. The molecule has 6 nitrogen and oxygen atoms in total. The monoisotopic (exact) mass is 300 g/mol. The van der Waals surface area contributed by atoms with Gasteiger partial charge in [-0.1, -0.05) is 38.1 Å². The Morgan fingerprint density at radius 3 is 2.43 bits per heavy atom. The normalized spacial score (nSPS) is 11.0. The second kappa shape index (κ2) is 5.57. The van der Waals surface area contributed by atoms with Crippen LogP contribution in [0.1, 0.15) is 25.3 Å².